The fraction of sp³-hybridized carbons (Fsp3) is 0.355. The van der Waals surface area contributed by atoms with Gasteiger partial charge in [0.05, 0.1) is 18.3 Å². The lowest BCUT2D eigenvalue weighted by Crippen LogP contribution is -2.54. The molecule has 2 atom stereocenters. The van der Waals surface area contributed by atoms with Crippen molar-refractivity contribution < 1.29 is 27.7 Å². The van der Waals surface area contributed by atoms with E-state index in [1.54, 1.807) is 0 Å². The van der Waals surface area contributed by atoms with Crippen LogP contribution in [0.1, 0.15) is 37.0 Å². The Kier molecular flexibility index (Phi) is 11.2. The third-order valence-corrected chi connectivity index (χ3v) is 8.16. The minimum atomic E-state index is -4.15. The second-order valence-corrected chi connectivity index (χ2v) is 12.3. The molecule has 12 heteroatoms. The van der Waals surface area contributed by atoms with Crippen molar-refractivity contribution in [3.05, 3.63) is 99.6 Å². The Morgan fingerprint density at radius 3 is 2.28 bits per heavy atom. The van der Waals surface area contributed by atoms with Crippen LogP contribution in [0.2, 0.25) is 0 Å². The molecule has 2 amide bonds. The van der Waals surface area contributed by atoms with E-state index in [-0.39, 0.29) is 42.0 Å². The number of nitrogens with one attached hydrogen (secondary N) is 1. The smallest absolute Gasteiger partial charge is 0.271 e. The summed E-state index contributed by atoms with van der Waals surface area (Å²) in [7, 11) is -2.85. The van der Waals surface area contributed by atoms with Gasteiger partial charge >= 0.3 is 0 Å². The number of benzene rings is 3. The highest BCUT2D eigenvalue weighted by atomic mass is 32.2. The average Bonchev–Trinajstić information content (AvgIpc) is 2.97. The maximum atomic E-state index is 14.2. The molecule has 0 heterocycles. The number of amides is 2. The first-order chi connectivity index (χ1) is 20.3. The van der Waals surface area contributed by atoms with Crippen molar-refractivity contribution in [3.63, 3.8) is 0 Å². The molecule has 0 unspecified atom stereocenters. The number of non-ortho nitro benzene ring substituents is 1. The van der Waals surface area contributed by atoms with Crippen LogP contribution in [0.15, 0.2) is 72.8 Å². The highest BCUT2D eigenvalue weighted by molar-refractivity contribution is 7.92. The molecule has 0 saturated heterocycles. The van der Waals surface area contributed by atoms with Crippen LogP contribution in [-0.2, 0) is 32.6 Å². The van der Waals surface area contributed by atoms with Gasteiger partial charge in [0.15, 0.2) is 0 Å². The Bertz CT molecular complexity index is 1550. The highest BCUT2D eigenvalue weighted by Crippen LogP contribution is 2.34. The SMILES string of the molecule is CC[C@H](C)NC(=O)[C@H](Cc1ccccc1)N(Cc1cccc(C)c1)C(=O)CN(c1cc([N+](=O)[O-])ccc1OC)S(C)(=O)=O. The second kappa shape index (κ2) is 14.6. The van der Waals surface area contributed by atoms with Gasteiger partial charge in [-0.1, -0.05) is 67.1 Å². The number of carbonyl (C=O) groups is 2. The van der Waals surface area contributed by atoms with Crippen molar-refractivity contribution in [1.82, 2.24) is 10.2 Å². The summed E-state index contributed by atoms with van der Waals surface area (Å²) in [6, 6.07) is 19.1. The second-order valence-electron chi connectivity index (χ2n) is 10.4. The van der Waals surface area contributed by atoms with Crippen molar-refractivity contribution >= 4 is 33.2 Å². The number of hydrogen-bond acceptors (Lipinski definition) is 7. The van der Waals surface area contributed by atoms with Crippen molar-refractivity contribution in [3.8, 4) is 5.75 Å². The molecule has 1 N–H and O–H groups in total. The van der Waals surface area contributed by atoms with Gasteiger partial charge in [-0.2, -0.15) is 0 Å². The first kappa shape index (κ1) is 33.1. The fourth-order valence-electron chi connectivity index (χ4n) is 4.58. The maximum Gasteiger partial charge on any atom is 0.271 e. The van der Waals surface area contributed by atoms with Crippen LogP contribution in [0.4, 0.5) is 11.4 Å². The van der Waals surface area contributed by atoms with Crippen LogP contribution in [0.25, 0.3) is 0 Å². The summed E-state index contributed by atoms with van der Waals surface area (Å²) < 4.78 is 32.2. The molecule has 0 radical (unpaired) electrons. The number of hydrogen-bond donors (Lipinski definition) is 1. The summed E-state index contributed by atoms with van der Waals surface area (Å²) in [5.74, 6) is -1.01. The number of nitro benzene ring substituents is 1. The molecule has 0 aliphatic carbocycles. The van der Waals surface area contributed by atoms with Crippen molar-refractivity contribution in [2.75, 3.05) is 24.2 Å². The molecular formula is C31H38N4O7S. The van der Waals surface area contributed by atoms with Crippen LogP contribution in [0.3, 0.4) is 0 Å². The number of anilines is 1. The Hall–Kier alpha value is -4.45. The van der Waals surface area contributed by atoms with Gasteiger partial charge in [0, 0.05) is 31.1 Å². The Morgan fingerprint density at radius 2 is 1.70 bits per heavy atom. The molecule has 0 fully saturated rings. The summed E-state index contributed by atoms with van der Waals surface area (Å²) in [5.41, 5.74) is 1.98. The minimum absolute atomic E-state index is 0.0234. The van der Waals surface area contributed by atoms with E-state index in [1.165, 1.54) is 24.1 Å². The molecular weight excluding hydrogens is 572 g/mol. The lowest BCUT2D eigenvalue weighted by atomic mass is 10.0. The van der Waals surface area contributed by atoms with E-state index in [0.29, 0.717) is 6.42 Å². The molecule has 3 aromatic carbocycles. The monoisotopic (exact) mass is 610 g/mol. The number of nitro groups is 1. The lowest BCUT2D eigenvalue weighted by Gasteiger charge is -2.34. The van der Waals surface area contributed by atoms with E-state index in [0.717, 1.165) is 33.3 Å². The predicted molar refractivity (Wildman–Crippen MR) is 165 cm³/mol. The Balaban J connectivity index is 2.13. The summed E-state index contributed by atoms with van der Waals surface area (Å²) >= 11 is 0. The lowest BCUT2D eigenvalue weighted by molar-refractivity contribution is -0.384. The summed E-state index contributed by atoms with van der Waals surface area (Å²) in [6.45, 7) is 5.01. The van der Waals surface area contributed by atoms with Gasteiger partial charge in [-0.3, -0.25) is 24.0 Å². The molecule has 43 heavy (non-hydrogen) atoms. The number of rotatable bonds is 14. The number of aryl methyl sites for hydroxylation is 1. The van der Waals surface area contributed by atoms with Gasteiger partial charge < -0.3 is 15.0 Å². The molecule has 11 nitrogen and oxygen atoms in total. The number of methoxy groups -OCH3 is 1. The zero-order chi connectivity index (χ0) is 31.7. The van der Waals surface area contributed by atoms with Crippen LogP contribution in [0, 0.1) is 17.0 Å². The number of carbonyl (C=O) groups excluding carboxylic acids is 2. The Morgan fingerprint density at radius 1 is 1.02 bits per heavy atom. The molecule has 3 rings (SSSR count). The van der Waals surface area contributed by atoms with E-state index in [9.17, 15) is 28.1 Å². The molecule has 0 spiro atoms. The third kappa shape index (κ3) is 9.02. The Labute approximate surface area is 252 Å². The highest BCUT2D eigenvalue weighted by Gasteiger charge is 2.34. The molecule has 0 saturated carbocycles. The first-order valence-electron chi connectivity index (χ1n) is 13.8. The van der Waals surface area contributed by atoms with Crippen molar-refractivity contribution in [2.45, 2.75) is 52.2 Å². The largest absolute Gasteiger partial charge is 0.495 e. The van der Waals surface area contributed by atoms with Crippen molar-refractivity contribution in [1.29, 1.82) is 0 Å². The molecule has 0 aromatic heterocycles. The van der Waals surface area contributed by atoms with Crippen molar-refractivity contribution in [2.24, 2.45) is 0 Å². The molecule has 3 aromatic rings. The van der Waals surface area contributed by atoms with E-state index in [1.807, 2.05) is 75.4 Å². The first-order valence-corrected chi connectivity index (χ1v) is 15.7. The number of ether oxygens (including phenoxy) is 1. The van der Waals surface area contributed by atoms with Gasteiger partial charge in [0.2, 0.25) is 21.8 Å². The minimum Gasteiger partial charge on any atom is -0.495 e. The molecule has 0 aliphatic rings. The number of sulfonamides is 1. The summed E-state index contributed by atoms with van der Waals surface area (Å²) in [4.78, 5) is 40.2. The summed E-state index contributed by atoms with van der Waals surface area (Å²) in [6.07, 6.45) is 1.75. The van der Waals surface area contributed by atoms with Crippen LogP contribution in [0.5, 0.6) is 5.75 Å². The van der Waals surface area contributed by atoms with Crippen LogP contribution in [-0.4, -0.2) is 62.0 Å². The molecule has 230 valence electrons. The van der Waals surface area contributed by atoms with Gasteiger partial charge in [-0.05, 0) is 37.5 Å². The predicted octanol–water partition coefficient (Wildman–Crippen LogP) is 4.23. The number of nitrogens with zero attached hydrogens (tertiary/aromatic N) is 3. The average molecular weight is 611 g/mol. The van der Waals surface area contributed by atoms with Gasteiger partial charge in [0.1, 0.15) is 24.0 Å². The zero-order valence-electron chi connectivity index (χ0n) is 25.0. The molecule has 0 bridgehead atoms. The third-order valence-electron chi connectivity index (χ3n) is 7.03. The molecule has 0 aliphatic heterocycles. The normalized spacial score (nSPS) is 12.6. The maximum absolute atomic E-state index is 14.2. The van der Waals surface area contributed by atoms with Crippen LogP contribution >= 0.6 is 0 Å². The fourth-order valence-corrected chi connectivity index (χ4v) is 5.43. The van der Waals surface area contributed by atoms with E-state index in [2.05, 4.69) is 5.32 Å². The zero-order valence-corrected chi connectivity index (χ0v) is 25.8. The standard InChI is InChI=1S/C31H38N4O7S/c1-6-23(3)32-31(37)28(18-24-12-8-7-9-13-24)33(20-25-14-10-11-22(2)17-25)30(36)21-34(43(5,40)41)27-19-26(35(38)39)15-16-29(27)42-4/h7-17,19,23,28H,6,18,20-21H2,1-5H3,(H,32,37)/t23-,28-/m0/s1. The van der Waals surface area contributed by atoms with Crippen LogP contribution < -0.4 is 14.4 Å². The van der Waals surface area contributed by atoms with E-state index >= 15 is 0 Å². The van der Waals surface area contributed by atoms with E-state index in [4.69, 9.17) is 4.74 Å². The quantitative estimate of drug-likeness (QED) is 0.213. The topological polar surface area (TPSA) is 139 Å². The van der Waals surface area contributed by atoms with Gasteiger partial charge in [-0.15, -0.1) is 0 Å². The van der Waals surface area contributed by atoms with E-state index < -0.39 is 33.4 Å². The van der Waals surface area contributed by atoms with Gasteiger partial charge in [-0.25, -0.2) is 8.42 Å². The summed E-state index contributed by atoms with van der Waals surface area (Å²) in [5, 5.41) is 14.5. The van der Waals surface area contributed by atoms with Gasteiger partial charge in [0.25, 0.3) is 5.69 Å².